The third kappa shape index (κ3) is 3.50. The molecule has 0 saturated carbocycles. The number of esters is 1. The van der Waals surface area contributed by atoms with Crippen molar-refractivity contribution < 1.29 is 14.3 Å². The second-order valence-electron chi connectivity index (χ2n) is 4.60. The van der Waals surface area contributed by atoms with E-state index in [1.807, 2.05) is 31.2 Å². The van der Waals surface area contributed by atoms with Gasteiger partial charge in [-0.15, -0.1) is 0 Å². The fourth-order valence-electron chi connectivity index (χ4n) is 2.06. The first-order valence-electron chi connectivity index (χ1n) is 6.59. The van der Waals surface area contributed by atoms with E-state index in [4.69, 9.17) is 4.74 Å². The van der Waals surface area contributed by atoms with E-state index < -0.39 is 0 Å². The van der Waals surface area contributed by atoms with Crippen LogP contribution in [0.5, 0.6) is 0 Å². The zero-order chi connectivity index (χ0) is 15.4. The van der Waals surface area contributed by atoms with Crippen LogP contribution in [-0.2, 0) is 4.74 Å². The molecular formula is C17H15IO3. The van der Waals surface area contributed by atoms with Crippen molar-refractivity contribution in [1.82, 2.24) is 0 Å². The molecule has 0 saturated heterocycles. The topological polar surface area (TPSA) is 43.4 Å². The van der Waals surface area contributed by atoms with E-state index in [0.29, 0.717) is 17.7 Å². The predicted molar refractivity (Wildman–Crippen MR) is 90.7 cm³/mol. The van der Waals surface area contributed by atoms with Gasteiger partial charge in [-0.25, -0.2) is 4.79 Å². The molecule has 0 aliphatic rings. The predicted octanol–water partition coefficient (Wildman–Crippen LogP) is 4.26. The Bertz CT molecular complexity index is 692. The number of aldehydes is 1. The number of ether oxygens (including phenoxy) is 1. The maximum Gasteiger partial charge on any atom is 0.338 e. The maximum atomic E-state index is 11.8. The van der Waals surface area contributed by atoms with Gasteiger partial charge in [-0.2, -0.15) is 0 Å². The molecule has 0 atom stereocenters. The van der Waals surface area contributed by atoms with Crippen molar-refractivity contribution in [1.29, 1.82) is 0 Å². The number of benzene rings is 2. The first-order valence-corrected chi connectivity index (χ1v) is 7.67. The van der Waals surface area contributed by atoms with Crippen molar-refractivity contribution >= 4 is 34.8 Å². The third-order valence-electron chi connectivity index (χ3n) is 3.19. The summed E-state index contributed by atoms with van der Waals surface area (Å²) in [6.07, 6.45) is 0.846. The van der Waals surface area contributed by atoms with Crippen molar-refractivity contribution in [3.63, 3.8) is 0 Å². The standard InChI is InChI=1S/C17H15IO3/c1-3-21-17(20)13-6-7-16(18)15(9-13)12-4-5-14(10-19)11(2)8-12/h4-10H,3H2,1-2H3. The molecule has 108 valence electrons. The highest BCUT2D eigenvalue weighted by atomic mass is 127. The molecule has 21 heavy (non-hydrogen) atoms. The zero-order valence-electron chi connectivity index (χ0n) is 11.9. The van der Waals surface area contributed by atoms with Gasteiger partial charge in [0, 0.05) is 9.13 Å². The number of hydrogen-bond donors (Lipinski definition) is 0. The average molecular weight is 394 g/mol. The van der Waals surface area contributed by atoms with Crippen LogP contribution >= 0.6 is 22.6 Å². The van der Waals surface area contributed by atoms with Crippen molar-refractivity contribution in [3.05, 3.63) is 56.7 Å². The molecule has 0 unspecified atom stereocenters. The number of carbonyl (C=O) groups excluding carboxylic acids is 2. The smallest absolute Gasteiger partial charge is 0.338 e. The highest BCUT2D eigenvalue weighted by Crippen LogP contribution is 2.28. The average Bonchev–Trinajstić information content (AvgIpc) is 2.48. The quantitative estimate of drug-likeness (QED) is 0.442. The minimum absolute atomic E-state index is 0.323. The number of aryl methyl sites for hydroxylation is 1. The second-order valence-corrected chi connectivity index (χ2v) is 5.77. The molecule has 0 heterocycles. The molecule has 2 rings (SSSR count). The molecule has 0 fully saturated rings. The first-order chi connectivity index (χ1) is 10.1. The van der Waals surface area contributed by atoms with Gasteiger partial charge in [0.25, 0.3) is 0 Å². The summed E-state index contributed by atoms with van der Waals surface area (Å²) in [5.74, 6) is -0.323. The molecule has 0 aliphatic heterocycles. The fourth-order valence-corrected chi connectivity index (χ4v) is 2.71. The lowest BCUT2D eigenvalue weighted by Crippen LogP contribution is -2.05. The second kappa shape index (κ2) is 6.85. The highest BCUT2D eigenvalue weighted by molar-refractivity contribution is 14.1. The van der Waals surface area contributed by atoms with E-state index in [9.17, 15) is 9.59 Å². The number of hydrogen-bond acceptors (Lipinski definition) is 3. The van der Waals surface area contributed by atoms with Crippen LogP contribution in [0.15, 0.2) is 36.4 Å². The summed E-state index contributed by atoms with van der Waals surface area (Å²) in [7, 11) is 0. The van der Waals surface area contributed by atoms with E-state index in [1.54, 1.807) is 19.1 Å². The van der Waals surface area contributed by atoms with Crippen molar-refractivity contribution in [2.24, 2.45) is 0 Å². The number of halogens is 1. The summed E-state index contributed by atoms with van der Waals surface area (Å²) in [6, 6.07) is 11.1. The summed E-state index contributed by atoms with van der Waals surface area (Å²) in [5, 5.41) is 0. The van der Waals surface area contributed by atoms with Gasteiger partial charge in [-0.05, 0) is 71.3 Å². The zero-order valence-corrected chi connectivity index (χ0v) is 14.0. The summed E-state index contributed by atoms with van der Waals surface area (Å²) in [6.45, 7) is 4.04. The van der Waals surface area contributed by atoms with Gasteiger partial charge in [-0.1, -0.05) is 18.2 Å². The Balaban J connectivity index is 2.47. The van der Waals surface area contributed by atoms with Gasteiger partial charge in [0.2, 0.25) is 0 Å². The van der Waals surface area contributed by atoms with E-state index in [0.717, 1.165) is 26.5 Å². The third-order valence-corrected chi connectivity index (χ3v) is 4.13. The highest BCUT2D eigenvalue weighted by Gasteiger charge is 2.11. The van der Waals surface area contributed by atoms with Crippen LogP contribution in [0.25, 0.3) is 11.1 Å². The van der Waals surface area contributed by atoms with Gasteiger partial charge in [0.15, 0.2) is 0 Å². The Morgan fingerprint density at radius 2 is 2.00 bits per heavy atom. The Morgan fingerprint density at radius 1 is 1.24 bits per heavy atom. The summed E-state index contributed by atoms with van der Waals surface area (Å²) in [4.78, 5) is 22.7. The molecule has 0 amide bonds. The molecule has 3 nitrogen and oxygen atoms in total. The van der Waals surface area contributed by atoms with Crippen LogP contribution in [0.4, 0.5) is 0 Å². The molecule has 0 bridgehead atoms. The Hall–Kier alpha value is -1.69. The van der Waals surface area contributed by atoms with Crippen molar-refractivity contribution in [3.8, 4) is 11.1 Å². The lowest BCUT2D eigenvalue weighted by Gasteiger charge is -2.09. The van der Waals surface area contributed by atoms with Gasteiger partial charge < -0.3 is 4.74 Å². The van der Waals surface area contributed by atoms with Crippen molar-refractivity contribution in [2.75, 3.05) is 6.61 Å². The van der Waals surface area contributed by atoms with E-state index in [1.165, 1.54) is 0 Å². The Kier molecular flexibility index (Phi) is 5.12. The molecule has 0 aliphatic carbocycles. The molecule has 0 radical (unpaired) electrons. The van der Waals surface area contributed by atoms with Crippen molar-refractivity contribution in [2.45, 2.75) is 13.8 Å². The normalized spacial score (nSPS) is 10.2. The van der Waals surface area contributed by atoms with Gasteiger partial charge >= 0.3 is 5.97 Å². The van der Waals surface area contributed by atoms with E-state index >= 15 is 0 Å². The largest absolute Gasteiger partial charge is 0.462 e. The minimum Gasteiger partial charge on any atom is -0.462 e. The van der Waals surface area contributed by atoms with E-state index in [-0.39, 0.29) is 5.97 Å². The molecule has 0 spiro atoms. The lowest BCUT2D eigenvalue weighted by molar-refractivity contribution is 0.0526. The number of rotatable bonds is 4. The molecular weight excluding hydrogens is 379 g/mol. The van der Waals surface area contributed by atoms with Crippen LogP contribution < -0.4 is 0 Å². The van der Waals surface area contributed by atoms with E-state index in [2.05, 4.69) is 22.6 Å². The minimum atomic E-state index is -0.323. The van der Waals surface area contributed by atoms with Crippen LogP contribution in [0, 0.1) is 10.5 Å². The van der Waals surface area contributed by atoms with Crippen LogP contribution in [0.3, 0.4) is 0 Å². The Labute approximate surface area is 137 Å². The summed E-state index contributed by atoms with van der Waals surface area (Å²) >= 11 is 2.23. The lowest BCUT2D eigenvalue weighted by atomic mass is 9.99. The molecule has 0 N–H and O–H groups in total. The monoisotopic (exact) mass is 394 g/mol. The van der Waals surface area contributed by atoms with Gasteiger partial charge in [-0.3, -0.25) is 4.79 Å². The molecule has 4 heteroatoms. The van der Waals surface area contributed by atoms with Gasteiger partial charge in [0.05, 0.1) is 12.2 Å². The van der Waals surface area contributed by atoms with Crippen LogP contribution in [0.1, 0.15) is 33.2 Å². The molecule has 2 aromatic rings. The van der Waals surface area contributed by atoms with Crippen LogP contribution in [0.2, 0.25) is 0 Å². The maximum absolute atomic E-state index is 11.8. The summed E-state index contributed by atoms with van der Waals surface area (Å²) < 4.78 is 6.07. The first kappa shape index (κ1) is 15.7. The molecule has 0 aromatic heterocycles. The van der Waals surface area contributed by atoms with Crippen LogP contribution in [-0.4, -0.2) is 18.9 Å². The fraction of sp³-hybridized carbons (Fsp3) is 0.176. The molecule has 2 aromatic carbocycles. The van der Waals surface area contributed by atoms with Gasteiger partial charge in [0.1, 0.15) is 6.29 Å². The Morgan fingerprint density at radius 3 is 2.62 bits per heavy atom. The SMILES string of the molecule is CCOC(=O)c1ccc(I)c(-c2ccc(C=O)c(C)c2)c1. The number of carbonyl (C=O) groups is 2. The summed E-state index contributed by atoms with van der Waals surface area (Å²) in [5.41, 5.74) is 4.06.